The van der Waals surface area contributed by atoms with Gasteiger partial charge in [0, 0.05) is 63.5 Å². The monoisotopic (exact) mass is 449 g/mol. The van der Waals surface area contributed by atoms with E-state index in [-0.39, 0.29) is 29.9 Å². The number of benzene rings is 1. The Balaban J connectivity index is 1.28. The van der Waals surface area contributed by atoms with E-state index in [1.54, 1.807) is 0 Å². The Morgan fingerprint density at radius 1 is 1.16 bits per heavy atom. The normalized spacial score (nSPS) is 27.1. The molecule has 3 aliphatic rings. The lowest BCUT2D eigenvalue weighted by molar-refractivity contribution is -0.132. The summed E-state index contributed by atoms with van der Waals surface area (Å²) in [6, 6.07) is 9.68. The molecule has 4 rings (SSSR count). The van der Waals surface area contributed by atoms with Gasteiger partial charge in [-0.3, -0.25) is 14.5 Å². The number of fused-ring (bicyclic) bond motifs is 1. The molecule has 3 heterocycles. The second-order valence-electron chi connectivity index (χ2n) is 8.68. The van der Waals surface area contributed by atoms with Crippen molar-refractivity contribution in [2.45, 2.75) is 37.4 Å². The fourth-order valence-corrected chi connectivity index (χ4v) is 5.71. The molecule has 2 amide bonds. The summed E-state index contributed by atoms with van der Waals surface area (Å²) in [4.78, 5) is 31.4. The van der Waals surface area contributed by atoms with Crippen LogP contribution in [0.2, 0.25) is 0 Å². The quantitative estimate of drug-likeness (QED) is 0.613. The van der Waals surface area contributed by atoms with Gasteiger partial charge in [-0.1, -0.05) is 18.2 Å². The van der Waals surface area contributed by atoms with Crippen molar-refractivity contribution in [3.8, 4) is 0 Å². The van der Waals surface area contributed by atoms with Crippen LogP contribution in [-0.2, 0) is 19.6 Å². The molecule has 1 aromatic rings. The number of anilines is 1. The van der Waals surface area contributed by atoms with Crippen LogP contribution < -0.4 is 14.9 Å². The van der Waals surface area contributed by atoms with Crippen LogP contribution in [0.25, 0.3) is 0 Å². The molecule has 3 aliphatic heterocycles. The molecule has 170 valence electrons. The second-order valence-corrected chi connectivity index (χ2v) is 10.5. The molecule has 10 heteroatoms. The zero-order chi connectivity index (χ0) is 22.0. The van der Waals surface area contributed by atoms with Crippen molar-refractivity contribution in [1.82, 2.24) is 19.8 Å². The highest BCUT2D eigenvalue weighted by Crippen LogP contribution is 2.26. The molecule has 2 N–H and O–H groups in total. The number of para-hydroxylation sites is 1. The minimum Gasteiger partial charge on any atom is -0.368 e. The molecule has 3 fully saturated rings. The van der Waals surface area contributed by atoms with E-state index in [0.29, 0.717) is 45.4 Å². The van der Waals surface area contributed by atoms with Gasteiger partial charge in [0.2, 0.25) is 21.8 Å². The van der Waals surface area contributed by atoms with Crippen molar-refractivity contribution >= 4 is 27.5 Å². The third-order valence-corrected chi connectivity index (χ3v) is 7.21. The van der Waals surface area contributed by atoms with Crippen LogP contribution >= 0.6 is 0 Å². The third-order valence-electron chi connectivity index (χ3n) is 6.45. The van der Waals surface area contributed by atoms with E-state index in [1.165, 1.54) is 5.69 Å². The summed E-state index contributed by atoms with van der Waals surface area (Å²) in [5.41, 5.74) is 1.19. The largest absolute Gasteiger partial charge is 0.368 e. The van der Waals surface area contributed by atoms with Crippen LogP contribution in [0.4, 0.5) is 5.69 Å². The van der Waals surface area contributed by atoms with Gasteiger partial charge >= 0.3 is 0 Å². The van der Waals surface area contributed by atoms with Gasteiger partial charge in [-0.25, -0.2) is 13.1 Å². The number of hydrogen-bond donors (Lipinski definition) is 2. The zero-order valence-corrected chi connectivity index (χ0v) is 18.7. The topological polar surface area (TPSA) is 102 Å². The van der Waals surface area contributed by atoms with E-state index in [1.807, 2.05) is 23.1 Å². The van der Waals surface area contributed by atoms with Crippen molar-refractivity contribution < 1.29 is 18.0 Å². The Morgan fingerprint density at radius 3 is 2.55 bits per heavy atom. The first-order valence-electron chi connectivity index (χ1n) is 10.9. The minimum absolute atomic E-state index is 0.0450. The van der Waals surface area contributed by atoms with Crippen molar-refractivity contribution in [3.63, 3.8) is 0 Å². The molecule has 0 aliphatic carbocycles. The summed E-state index contributed by atoms with van der Waals surface area (Å²) >= 11 is 0. The number of carbonyl (C=O) groups excluding carboxylic acids is 2. The van der Waals surface area contributed by atoms with Gasteiger partial charge in [-0.15, -0.1) is 0 Å². The third kappa shape index (κ3) is 5.36. The first-order valence-corrected chi connectivity index (χ1v) is 12.8. The molecule has 31 heavy (non-hydrogen) atoms. The van der Waals surface area contributed by atoms with Crippen LogP contribution in [-0.4, -0.2) is 93.7 Å². The number of sulfonamides is 1. The Labute approximate surface area is 183 Å². The van der Waals surface area contributed by atoms with Gasteiger partial charge in [-0.2, -0.15) is 0 Å². The summed E-state index contributed by atoms with van der Waals surface area (Å²) in [5, 5.41) is 2.92. The van der Waals surface area contributed by atoms with E-state index < -0.39 is 10.0 Å². The smallest absolute Gasteiger partial charge is 0.237 e. The van der Waals surface area contributed by atoms with Crippen LogP contribution in [0.15, 0.2) is 30.3 Å². The van der Waals surface area contributed by atoms with Gasteiger partial charge in [0.15, 0.2) is 0 Å². The van der Waals surface area contributed by atoms with Crippen molar-refractivity contribution in [3.05, 3.63) is 30.3 Å². The lowest BCUT2D eigenvalue weighted by Crippen LogP contribution is -2.58. The minimum atomic E-state index is -3.32. The number of amides is 2. The predicted molar refractivity (Wildman–Crippen MR) is 118 cm³/mol. The average molecular weight is 450 g/mol. The van der Waals surface area contributed by atoms with Crippen LogP contribution in [0.1, 0.15) is 19.3 Å². The first-order chi connectivity index (χ1) is 14.8. The van der Waals surface area contributed by atoms with Gasteiger partial charge in [-0.05, 0) is 25.0 Å². The number of hydrogen-bond acceptors (Lipinski definition) is 6. The van der Waals surface area contributed by atoms with E-state index in [4.69, 9.17) is 0 Å². The molecule has 0 unspecified atom stereocenters. The molecule has 0 aromatic heterocycles. The number of nitrogens with zero attached hydrogens (tertiary/aromatic N) is 3. The lowest BCUT2D eigenvalue weighted by atomic mass is 10.0. The van der Waals surface area contributed by atoms with E-state index in [0.717, 1.165) is 19.3 Å². The molecule has 0 radical (unpaired) electrons. The molecule has 0 bridgehead atoms. The van der Waals surface area contributed by atoms with E-state index in [9.17, 15) is 18.0 Å². The fourth-order valence-electron chi connectivity index (χ4n) is 4.93. The highest BCUT2D eigenvalue weighted by molar-refractivity contribution is 7.88. The summed E-state index contributed by atoms with van der Waals surface area (Å²) in [7, 11) is -3.32. The molecule has 1 aromatic carbocycles. The lowest BCUT2D eigenvalue weighted by Gasteiger charge is -2.38. The zero-order valence-electron chi connectivity index (χ0n) is 17.9. The van der Waals surface area contributed by atoms with Crippen molar-refractivity contribution in [2.75, 3.05) is 50.4 Å². The Bertz CT molecular complexity index is 902. The molecule has 9 nitrogen and oxygen atoms in total. The summed E-state index contributed by atoms with van der Waals surface area (Å²) in [6.45, 7) is 4.06. The number of rotatable bonds is 6. The summed E-state index contributed by atoms with van der Waals surface area (Å²) in [6.07, 6.45) is 2.68. The SMILES string of the molecule is CS(=O)(=O)N[C@@H]1C[C@H]2C(=O)NC[C@@H](CCC(=O)N3CCN(c4ccccc4)CC3)N2C1. The first kappa shape index (κ1) is 22.0. The standard InChI is InChI=1S/C21H31N5O4S/c1-31(29,30)23-16-13-19-21(28)22-14-18(26(19)15-16)7-8-20(27)25-11-9-24(10-12-25)17-5-3-2-4-6-17/h2-6,16,18-19,23H,7-15H2,1H3,(H,22,28)/t16-,18-,19+/m1/s1. The van der Waals surface area contributed by atoms with E-state index in [2.05, 4.69) is 32.0 Å². The number of carbonyl (C=O) groups is 2. The summed E-state index contributed by atoms with van der Waals surface area (Å²) < 4.78 is 25.8. The molecule has 0 saturated carbocycles. The maximum absolute atomic E-state index is 12.8. The summed E-state index contributed by atoms with van der Waals surface area (Å²) in [5.74, 6) is 0.0866. The maximum atomic E-state index is 12.8. The number of nitrogens with one attached hydrogen (secondary N) is 2. The fraction of sp³-hybridized carbons (Fsp3) is 0.619. The molecule has 0 spiro atoms. The Morgan fingerprint density at radius 2 is 1.87 bits per heavy atom. The van der Waals surface area contributed by atoms with Crippen molar-refractivity contribution in [1.29, 1.82) is 0 Å². The van der Waals surface area contributed by atoms with Gasteiger partial charge in [0.1, 0.15) is 0 Å². The molecular weight excluding hydrogens is 418 g/mol. The van der Waals surface area contributed by atoms with Gasteiger partial charge < -0.3 is 15.1 Å². The highest BCUT2D eigenvalue weighted by atomic mass is 32.2. The maximum Gasteiger partial charge on any atom is 0.237 e. The second kappa shape index (κ2) is 9.13. The van der Waals surface area contributed by atoms with Crippen LogP contribution in [0, 0.1) is 0 Å². The van der Waals surface area contributed by atoms with Crippen LogP contribution in [0.5, 0.6) is 0 Å². The van der Waals surface area contributed by atoms with Crippen molar-refractivity contribution in [2.24, 2.45) is 0 Å². The van der Waals surface area contributed by atoms with Gasteiger partial charge in [0.25, 0.3) is 0 Å². The highest BCUT2D eigenvalue weighted by Gasteiger charge is 2.44. The molecular formula is C21H31N5O4S. The molecule has 3 saturated heterocycles. The van der Waals surface area contributed by atoms with Crippen LogP contribution in [0.3, 0.4) is 0 Å². The Kier molecular flexibility index (Phi) is 6.49. The molecule has 3 atom stereocenters. The average Bonchev–Trinajstić information content (AvgIpc) is 3.17. The van der Waals surface area contributed by atoms with E-state index >= 15 is 0 Å². The Hall–Kier alpha value is -2.17. The number of piperazine rings is 2. The predicted octanol–water partition coefficient (Wildman–Crippen LogP) is -0.394. The van der Waals surface area contributed by atoms with Gasteiger partial charge in [0.05, 0.1) is 12.3 Å².